The van der Waals surface area contributed by atoms with E-state index in [1.165, 1.54) is 0 Å². The van der Waals surface area contributed by atoms with E-state index in [9.17, 15) is 9.59 Å². The molecule has 6 nitrogen and oxygen atoms in total. The van der Waals surface area contributed by atoms with E-state index in [-0.39, 0.29) is 12.3 Å². The van der Waals surface area contributed by atoms with E-state index < -0.39 is 17.4 Å². The highest BCUT2D eigenvalue weighted by atomic mass is 16.6. The van der Waals surface area contributed by atoms with E-state index in [0.717, 1.165) is 5.56 Å². The van der Waals surface area contributed by atoms with Gasteiger partial charge in [-0.1, -0.05) is 6.07 Å². The topological polar surface area (TPSA) is 84.9 Å². The fourth-order valence-electron chi connectivity index (χ4n) is 2.28. The fourth-order valence-corrected chi connectivity index (χ4v) is 2.28. The molecule has 1 heterocycles. The Labute approximate surface area is 129 Å². The van der Waals surface area contributed by atoms with Gasteiger partial charge in [0, 0.05) is 6.04 Å². The van der Waals surface area contributed by atoms with Crippen LogP contribution in [0, 0.1) is 0 Å². The second kappa shape index (κ2) is 6.25. The van der Waals surface area contributed by atoms with Crippen molar-refractivity contribution in [2.45, 2.75) is 38.6 Å². The van der Waals surface area contributed by atoms with Crippen molar-refractivity contribution in [2.24, 2.45) is 0 Å². The summed E-state index contributed by atoms with van der Waals surface area (Å²) in [6.07, 6.45) is -0.108. The van der Waals surface area contributed by atoms with Crippen LogP contribution in [0.25, 0.3) is 0 Å². The molecule has 0 saturated heterocycles. The third kappa shape index (κ3) is 3.50. The number of hydrogen-bond donors (Lipinski definition) is 2. The number of carboxylic acids is 1. The lowest BCUT2D eigenvalue weighted by Gasteiger charge is -2.28. The number of nitrogens with one attached hydrogen (secondary N) is 1. The molecule has 0 spiro atoms. The van der Waals surface area contributed by atoms with Gasteiger partial charge in [-0.3, -0.25) is 9.59 Å². The van der Waals surface area contributed by atoms with Gasteiger partial charge in [0.2, 0.25) is 5.91 Å². The van der Waals surface area contributed by atoms with Gasteiger partial charge in [-0.25, -0.2) is 0 Å². The van der Waals surface area contributed by atoms with Crippen LogP contribution in [0.2, 0.25) is 0 Å². The summed E-state index contributed by atoms with van der Waals surface area (Å²) in [7, 11) is 0. The van der Waals surface area contributed by atoms with E-state index in [0.29, 0.717) is 24.7 Å². The molecule has 1 aromatic carbocycles. The molecule has 2 N–H and O–H groups in total. The number of ether oxygens (including phenoxy) is 2. The lowest BCUT2D eigenvalue weighted by Crippen LogP contribution is -2.44. The minimum atomic E-state index is -0.940. The first-order valence-electron chi connectivity index (χ1n) is 7.23. The van der Waals surface area contributed by atoms with E-state index >= 15 is 0 Å². The van der Waals surface area contributed by atoms with Crippen LogP contribution in [0.4, 0.5) is 0 Å². The van der Waals surface area contributed by atoms with Crippen LogP contribution >= 0.6 is 0 Å². The number of rotatable bonds is 5. The lowest BCUT2D eigenvalue weighted by molar-refractivity contribution is -0.137. The van der Waals surface area contributed by atoms with E-state index in [1.807, 2.05) is 6.07 Å². The smallest absolute Gasteiger partial charge is 0.305 e. The quantitative estimate of drug-likeness (QED) is 0.865. The molecule has 0 saturated carbocycles. The van der Waals surface area contributed by atoms with Crippen LogP contribution in [-0.4, -0.2) is 36.2 Å². The van der Waals surface area contributed by atoms with Crippen molar-refractivity contribution < 1.29 is 24.2 Å². The summed E-state index contributed by atoms with van der Waals surface area (Å²) in [5, 5.41) is 11.5. The standard InChI is InChI=1S/C16H21NO5/c1-10(8-14(18)19)17-15(20)16(2,3)11-4-5-12-13(9-11)22-7-6-21-12/h4-5,9-10H,6-8H2,1-3H3,(H,17,20)(H,18,19). The molecule has 0 bridgehead atoms. The first kappa shape index (κ1) is 16.1. The second-order valence-electron chi connectivity index (χ2n) is 5.96. The zero-order chi connectivity index (χ0) is 16.3. The van der Waals surface area contributed by atoms with Crippen LogP contribution in [-0.2, 0) is 15.0 Å². The van der Waals surface area contributed by atoms with Gasteiger partial charge in [0.25, 0.3) is 0 Å². The SMILES string of the molecule is CC(CC(=O)O)NC(=O)C(C)(C)c1ccc2c(c1)OCCO2. The molecule has 1 aromatic rings. The molecule has 2 rings (SSSR count). The Balaban J connectivity index is 2.15. The van der Waals surface area contributed by atoms with Crippen LogP contribution in [0.3, 0.4) is 0 Å². The van der Waals surface area contributed by atoms with Gasteiger partial charge in [-0.2, -0.15) is 0 Å². The van der Waals surface area contributed by atoms with Crippen LogP contribution in [0.15, 0.2) is 18.2 Å². The number of carboxylic acid groups (broad SMARTS) is 1. The molecule has 1 unspecified atom stereocenters. The molecule has 0 aromatic heterocycles. The van der Waals surface area contributed by atoms with Crippen LogP contribution in [0.1, 0.15) is 32.8 Å². The average Bonchev–Trinajstić information content (AvgIpc) is 2.45. The summed E-state index contributed by atoms with van der Waals surface area (Å²) < 4.78 is 11.0. The predicted octanol–water partition coefficient (Wildman–Crippen LogP) is 1.71. The molecule has 0 fully saturated rings. The molecule has 1 atom stereocenters. The largest absolute Gasteiger partial charge is 0.486 e. The molecular weight excluding hydrogens is 286 g/mol. The monoisotopic (exact) mass is 307 g/mol. The van der Waals surface area contributed by atoms with Gasteiger partial charge in [-0.05, 0) is 38.5 Å². The minimum Gasteiger partial charge on any atom is -0.486 e. The maximum Gasteiger partial charge on any atom is 0.305 e. The molecule has 1 aliphatic heterocycles. The van der Waals surface area contributed by atoms with Crippen LogP contribution in [0.5, 0.6) is 11.5 Å². The zero-order valence-electron chi connectivity index (χ0n) is 13.0. The molecule has 120 valence electrons. The summed E-state index contributed by atoms with van der Waals surface area (Å²) >= 11 is 0. The highest BCUT2D eigenvalue weighted by Crippen LogP contribution is 2.35. The first-order chi connectivity index (χ1) is 10.3. The zero-order valence-corrected chi connectivity index (χ0v) is 13.0. The summed E-state index contributed by atoms with van der Waals surface area (Å²) in [5.41, 5.74) is -0.0143. The number of benzene rings is 1. The normalized spacial score (nSPS) is 15.0. The lowest BCUT2D eigenvalue weighted by atomic mass is 9.83. The summed E-state index contributed by atoms with van der Waals surface area (Å²) in [4.78, 5) is 23.1. The van der Waals surface area contributed by atoms with Crippen molar-refractivity contribution in [1.29, 1.82) is 0 Å². The molecule has 1 aliphatic rings. The Hall–Kier alpha value is -2.24. The Kier molecular flexibility index (Phi) is 4.59. The molecule has 0 radical (unpaired) electrons. The third-order valence-corrected chi connectivity index (χ3v) is 3.69. The Morgan fingerprint density at radius 1 is 1.27 bits per heavy atom. The van der Waals surface area contributed by atoms with Crippen molar-refractivity contribution in [3.63, 3.8) is 0 Å². The molecule has 1 amide bonds. The fraction of sp³-hybridized carbons (Fsp3) is 0.500. The van der Waals surface area contributed by atoms with E-state index in [1.54, 1.807) is 32.9 Å². The van der Waals surface area contributed by atoms with Gasteiger partial charge in [-0.15, -0.1) is 0 Å². The van der Waals surface area contributed by atoms with Crippen molar-refractivity contribution in [3.8, 4) is 11.5 Å². The number of aliphatic carboxylic acids is 1. The van der Waals surface area contributed by atoms with Crippen molar-refractivity contribution >= 4 is 11.9 Å². The summed E-state index contributed by atoms with van der Waals surface area (Å²) in [6, 6.07) is 4.99. The third-order valence-electron chi connectivity index (χ3n) is 3.69. The average molecular weight is 307 g/mol. The van der Waals surface area contributed by atoms with E-state index in [2.05, 4.69) is 5.32 Å². The van der Waals surface area contributed by atoms with Gasteiger partial charge in [0.15, 0.2) is 11.5 Å². The molecule has 0 aliphatic carbocycles. The number of amides is 1. The molecular formula is C16H21NO5. The first-order valence-corrected chi connectivity index (χ1v) is 7.23. The predicted molar refractivity (Wildman–Crippen MR) is 80.3 cm³/mol. The number of carbonyl (C=O) groups is 2. The molecule has 22 heavy (non-hydrogen) atoms. The summed E-state index contributed by atoms with van der Waals surface area (Å²) in [5.74, 6) is 0.136. The second-order valence-corrected chi connectivity index (χ2v) is 5.96. The highest BCUT2D eigenvalue weighted by molar-refractivity contribution is 5.88. The van der Waals surface area contributed by atoms with E-state index in [4.69, 9.17) is 14.6 Å². The van der Waals surface area contributed by atoms with Crippen molar-refractivity contribution in [3.05, 3.63) is 23.8 Å². The van der Waals surface area contributed by atoms with Crippen molar-refractivity contribution in [1.82, 2.24) is 5.32 Å². The molecule has 6 heteroatoms. The maximum atomic E-state index is 12.4. The van der Waals surface area contributed by atoms with Gasteiger partial charge < -0.3 is 19.9 Å². The van der Waals surface area contributed by atoms with Gasteiger partial charge >= 0.3 is 5.97 Å². The highest BCUT2D eigenvalue weighted by Gasteiger charge is 2.32. The Morgan fingerprint density at radius 2 is 1.91 bits per heavy atom. The Bertz CT molecular complexity index is 582. The Morgan fingerprint density at radius 3 is 2.55 bits per heavy atom. The van der Waals surface area contributed by atoms with Crippen LogP contribution < -0.4 is 14.8 Å². The minimum absolute atomic E-state index is 0.108. The maximum absolute atomic E-state index is 12.4. The number of fused-ring (bicyclic) bond motifs is 1. The van der Waals surface area contributed by atoms with Gasteiger partial charge in [0.05, 0.1) is 11.8 Å². The number of hydrogen-bond acceptors (Lipinski definition) is 4. The van der Waals surface area contributed by atoms with Gasteiger partial charge in [0.1, 0.15) is 13.2 Å². The number of carbonyl (C=O) groups excluding carboxylic acids is 1. The summed E-state index contributed by atoms with van der Waals surface area (Å²) in [6.45, 7) is 6.26. The van der Waals surface area contributed by atoms with Crippen molar-refractivity contribution in [2.75, 3.05) is 13.2 Å².